The molecule has 5 rings (SSSR count). The first-order valence-corrected chi connectivity index (χ1v) is 12.8. The summed E-state index contributed by atoms with van der Waals surface area (Å²) in [6.45, 7) is 2.07. The van der Waals surface area contributed by atoms with Gasteiger partial charge in [0.1, 0.15) is 0 Å². The van der Waals surface area contributed by atoms with Gasteiger partial charge in [0.15, 0.2) is 0 Å². The second-order valence-electron chi connectivity index (χ2n) is 9.60. The summed E-state index contributed by atoms with van der Waals surface area (Å²) in [5, 5.41) is 4.01. The summed E-state index contributed by atoms with van der Waals surface area (Å²) < 4.78 is 0. The summed E-state index contributed by atoms with van der Waals surface area (Å²) in [5.41, 5.74) is 4.84. The molecule has 0 spiro atoms. The maximum atomic E-state index is 12.9. The number of nitrogens with one attached hydrogen (secondary N) is 1. The SMILES string of the molecule is O=C(Nc1cnc2ccccc2c1)c1ccc(N(CCc2ccccc2)CC2CCCCC2)cc1. The minimum absolute atomic E-state index is 0.114. The van der Waals surface area contributed by atoms with Crippen molar-refractivity contribution in [1.29, 1.82) is 0 Å². The third-order valence-electron chi connectivity index (χ3n) is 7.06. The number of carbonyl (C=O) groups excluding carboxylic acids is 1. The smallest absolute Gasteiger partial charge is 0.255 e. The molecule has 1 fully saturated rings. The molecule has 4 aromatic rings. The van der Waals surface area contributed by atoms with Gasteiger partial charge in [0, 0.05) is 29.7 Å². The van der Waals surface area contributed by atoms with Gasteiger partial charge in [-0.05, 0) is 67.1 Å². The highest BCUT2D eigenvalue weighted by molar-refractivity contribution is 6.05. The summed E-state index contributed by atoms with van der Waals surface area (Å²) in [6.07, 6.45) is 9.44. The van der Waals surface area contributed by atoms with Gasteiger partial charge < -0.3 is 10.2 Å². The minimum atomic E-state index is -0.114. The fourth-order valence-corrected chi connectivity index (χ4v) is 5.08. The van der Waals surface area contributed by atoms with E-state index >= 15 is 0 Å². The monoisotopic (exact) mass is 463 g/mol. The van der Waals surface area contributed by atoms with Gasteiger partial charge in [0.2, 0.25) is 0 Å². The van der Waals surface area contributed by atoms with E-state index in [1.54, 1.807) is 6.20 Å². The van der Waals surface area contributed by atoms with E-state index in [2.05, 4.69) is 57.7 Å². The predicted molar refractivity (Wildman–Crippen MR) is 145 cm³/mol. The Labute approximate surface area is 208 Å². The van der Waals surface area contributed by atoms with Crippen molar-refractivity contribution in [3.63, 3.8) is 0 Å². The molecule has 4 nitrogen and oxygen atoms in total. The van der Waals surface area contributed by atoms with Gasteiger partial charge in [-0.2, -0.15) is 0 Å². The Kier molecular flexibility index (Phi) is 7.38. The van der Waals surface area contributed by atoms with Crippen LogP contribution in [-0.2, 0) is 6.42 Å². The molecule has 0 atom stereocenters. The number of hydrogen-bond donors (Lipinski definition) is 1. The molecule has 0 saturated heterocycles. The first-order valence-electron chi connectivity index (χ1n) is 12.8. The Bertz CT molecular complexity index is 1250. The largest absolute Gasteiger partial charge is 0.371 e. The lowest BCUT2D eigenvalue weighted by molar-refractivity contribution is 0.102. The van der Waals surface area contributed by atoms with Gasteiger partial charge in [0.05, 0.1) is 17.4 Å². The van der Waals surface area contributed by atoms with Crippen molar-refractivity contribution < 1.29 is 4.79 Å². The molecular formula is C31H33N3O. The van der Waals surface area contributed by atoms with Crippen LogP contribution < -0.4 is 10.2 Å². The van der Waals surface area contributed by atoms with Gasteiger partial charge in [-0.3, -0.25) is 9.78 Å². The molecule has 3 aromatic carbocycles. The lowest BCUT2D eigenvalue weighted by Crippen LogP contribution is -2.32. The average molecular weight is 464 g/mol. The van der Waals surface area contributed by atoms with Crippen molar-refractivity contribution in [2.45, 2.75) is 38.5 Å². The van der Waals surface area contributed by atoms with Crippen LogP contribution in [0.4, 0.5) is 11.4 Å². The molecule has 0 aliphatic heterocycles. The Morgan fingerprint density at radius 1 is 0.886 bits per heavy atom. The van der Waals surface area contributed by atoms with Gasteiger partial charge in [-0.1, -0.05) is 67.8 Å². The molecule has 1 aliphatic rings. The lowest BCUT2D eigenvalue weighted by Gasteiger charge is -2.31. The summed E-state index contributed by atoms with van der Waals surface area (Å²) >= 11 is 0. The third-order valence-corrected chi connectivity index (χ3v) is 7.06. The fraction of sp³-hybridized carbons (Fsp3) is 0.290. The summed E-state index contributed by atoms with van der Waals surface area (Å²) in [4.78, 5) is 19.9. The van der Waals surface area contributed by atoms with E-state index in [0.717, 1.165) is 36.3 Å². The van der Waals surface area contributed by atoms with Crippen LogP contribution in [0.3, 0.4) is 0 Å². The highest BCUT2D eigenvalue weighted by Crippen LogP contribution is 2.27. The van der Waals surface area contributed by atoms with E-state index in [4.69, 9.17) is 0 Å². The van der Waals surface area contributed by atoms with Gasteiger partial charge in [0.25, 0.3) is 5.91 Å². The Morgan fingerprint density at radius 2 is 1.63 bits per heavy atom. The summed E-state index contributed by atoms with van der Waals surface area (Å²) in [5.74, 6) is 0.639. The van der Waals surface area contributed by atoms with Crippen LogP contribution in [0.2, 0.25) is 0 Å². The number of rotatable bonds is 8. The van der Waals surface area contributed by atoms with Gasteiger partial charge in [-0.15, -0.1) is 0 Å². The van der Waals surface area contributed by atoms with E-state index in [9.17, 15) is 4.79 Å². The van der Waals surface area contributed by atoms with Crippen LogP contribution in [-0.4, -0.2) is 24.0 Å². The van der Waals surface area contributed by atoms with Crippen LogP contribution in [0.15, 0.2) is 91.1 Å². The molecule has 0 bridgehead atoms. The molecule has 0 radical (unpaired) electrons. The number of amides is 1. The Morgan fingerprint density at radius 3 is 2.43 bits per heavy atom. The van der Waals surface area contributed by atoms with Crippen LogP contribution in [0.5, 0.6) is 0 Å². The molecule has 1 amide bonds. The zero-order valence-electron chi connectivity index (χ0n) is 20.2. The van der Waals surface area contributed by atoms with E-state index < -0.39 is 0 Å². The zero-order valence-corrected chi connectivity index (χ0v) is 20.2. The molecule has 4 heteroatoms. The lowest BCUT2D eigenvalue weighted by atomic mass is 9.88. The molecule has 1 aromatic heterocycles. The second-order valence-corrected chi connectivity index (χ2v) is 9.60. The van der Waals surface area contributed by atoms with Crippen LogP contribution >= 0.6 is 0 Å². The first-order chi connectivity index (χ1) is 17.2. The Balaban J connectivity index is 1.28. The number of anilines is 2. The maximum Gasteiger partial charge on any atom is 0.255 e. The third kappa shape index (κ3) is 6.07. The number of hydrogen-bond acceptors (Lipinski definition) is 3. The highest BCUT2D eigenvalue weighted by Gasteiger charge is 2.18. The number of benzene rings is 3. The van der Waals surface area contributed by atoms with Crippen molar-refractivity contribution in [3.8, 4) is 0 Å². The van der Waals surface area contributed by atoms with Crippen LogP contribution in [0, 0.1) is 5.92 Å². The second kappa shape index (κ2) is 11.2. The van der Waals surface area contributed by atoms with Crippen LogP contribution in [0.25, 0.3) is 10.9 Å². The topological polar surface area (TPSA) is 45.2 Å². The number of nitrogens with zero attached hydrogens (tertiary/aromatic N) is 2. The normalized spacial score (nSPS) is 14.1. The molecule has 0 unspecified atom stereocenters. The van der Waals surface area contributed by atoms with Crippen molar-refractivity contribution >= 4 is 28.2 Å². The molecule has 178 valence electrons. The standard InChI is InChI=1S/C31H33N3O/c35-31(33-28-21-27-13-7-8-14-30(27)32-22-28)26-15-17-29(18-16-26)34(23-25-11-5-2-6-12-25)20-19-24-9-3-1-4-10-24/h1,3-4,7-10,13-18,21-22,25H,2,5-6,11-12,19-20,23H2,(H,33,35). The molecule has 1 N–H and O–H groups in total. The van der Waals surface area contributed by atoms with Crippen molar-refractivity contribution in [1.82, 2.24) is 4.98 Å². The van der Waals surface area contributed by atoms with Gasteiger partial charge >= 0.3 is 0 Å². The number of fused-ring (bicyclic) bond motifs is 1. The highest BCUT2D eigenvalue weighted by atomic mass is 16.1. The molecule has 1 saturated carbocycles. The van der Waals surface area contributed by atoms with E-state index in [1.165, 1.54) is 43.4 Å². The number of carbonyl (C=O) groups is 1. The Hall–Kier alpha value is -3.66. The molecule has 1 aliphatic carbocycles. The number of pyridine rings is 1. The first kappa shape index (κ1) is 23.1. The maximum absolute atomic E-state index is 12.9. The molecular weight excluding hydrogens is 430 g/mol. The number of aromatic nitrogens is 1. The van der Waals surface area contributed by atoms with Crippen molar-refractivity contribution in [3.05, 3.63) is 102 Å². The molecule has 35 heavy (non-hydrogen) atoms. The fourth-order valence-electron chi connectivity index (χ4n) is 5.08. The quantitative estimate of drug-likeness (QED) is 0.303. The summed E-state index contributed by atoms with van der Waals surface area (Å²) in [7, 11) is 0. The zero-order chi connectivity index (χ0) is 23.9. The van der Waals surface area contributed by atoms with E-state index in [0.29, 0.717) is 11.3 Å². The van der Waals surface area contributed by atoms with Crippen molar-refractivity contribution in [2.75, 3.05) is 23.3 Å². The van der Waals surface area contributed by atoms with E-state index in [1.807, 2.05) is 42.5 Å². The minimum Gasteiger partial charge on any atom is -0.371 e. The van der Waals surface area contributed by atoms with Crippen LogP contribution in [0.1, 0.15) is 48.0 Å². The molecule has 1 heterocycles. The predicted octanol–water partition coefficient (Wildman–Crippen LogP) is 7.12. The summed E-state index contributed by atoms with van der Waals surface area (Å²) in [6, 6.07) is 28.6. The van der Waals surface area contributed by atoms with Crippen molar-refractivity contribution in [2.24, 2.45) is 5.92 Å². The number of para-hydroxylation sites is 1. The van der Waals surface area contributed by atoms with E-state index in [-0.39, 0.29) is 5.91 Å². The van der Waals surface area contributed by atoms with Gasteiger partial charge in [-0.25, -0.2) is 0 Å². The average Bonchev–Trinajstić information content (AvgIpc) is 2.92.